The zero-order chi connectivity index (χ0) is 13.4. The van der Waals surface area contributed by atoms with Gasteiger partial charge in [-0.05, 0) is 28.1 Å². The summed E-state index contributed by atoms with van der Waals surface area (Å²) in [4.78, 5) is 16.1. The quantitative estimate of drug-likeness (QED) is 0.864. The molecule has 0 aliphatic carbocycles. The average Bonchev–Trinajstić information content (AvgIpc) is 2.39. The highest BCUT2D eigenvalue weighted by Crippen LogP contribution is 2.36. The molecule has 19 heavy (non-hydrogen) atoms. The maximum absolute atomic E-state index is 12.0. The lowest BCUT2D eigenvalue weighted by atomic mass is 10.1. The first-order chi connectivity index (χ1) is 9.15. The number of amides is 1. The SMILES string of the molecule is O=C1Nc2ncc(Br)cc2OC1c1ccccc1Cl. The number of nitrogens with one attached hydrogen (secondary N) is 1. The minimum absolute atomic E-state index is 0.282. The van der Waals surface area contributed by atoms with Crippen LogP contribution < -0.4 is 10.1 Å². The van der Waals surface area contributed by atoms with E-state index in [1.54, 1.807) is 30.5 Å². The fourth-order valence-electron chi connectivity index (χ4n) is 1.86. The molecule has 1 aliphatic heterocycles. The van der Waals surface area contributed by atoms with Crippen LogP contribution in [0.5, 0.6) is 5.75 Å². The third-order valence-corrected chi connectivity index (χ3v) is 3.51. The molecule has 96 valence electrons. The molecule has 1 aromatic carbocycles. The topological polar surface area (TPSA) is 51.2 Å². The lowest BCUT2D eigenvalue weighted by Crippen LogP contribution is -2.30. The normalized spacial score (nSPS) is 17.4. The van der Waals surface area contributed by atoms with Gasteiger partial charge in [-0.2, -0.15) is 0 Å². The minimum Gasteiger partial charge on any atom is -0.472 e. The van der Waals surface area contributed by atoms with Gasteiger partial charge in [0.25, 0.3) is 5.91 Å². The van der Waals surface area contributed by atoms with Crippen LogP contribution >= 0.6 is 27.5 Å². The van der Waals surface area contributed by atoms with Gasteiger partial charge in [0, 0.05) is 21.3 Å². The third kappa shape index (κ3) is 2.31. The standard InChI is InChI=1S/C13H8BrClN2O2/c14-7-5-10-12(16-6-7)17-13(18)11(19-10)8-3-1-2-4-9(8)15/h1-6,11H,(H,16,17,18). The van der Waals surface area contributed by atoms with E-state index in [9.17, 15) is 4.79 Å². The molecule has 0 fully saturated rings. The first-order valence-corrected chi connectivity index (χ1v) is 6.70. The predicted molar refractivity (Wildman–Crippen MR) is 75.4 cm³/mol. The second kappa shape index (κ2) is 4.83. The third-order valence-electron chi connectivity index (χ3n) is 2.73. The molecule has 6 heteroatoms. The zero-order valence-corrected chi connectivity index (χ0v) is 11.9. The number of benzene rings is 1. The molecule has 0 saturated carbocycles. The highest BCUT2D eigenvalue weighted by atomic mass is 79.9. The number of nitrogens with zero attached hydrogens (tertiary/aromatic N) is 1. The molecule has 1 amide bonds. The first kappa shape index (κ1) is 12.4. The number of anilines is 1. The Labute approximate surface area is 122 Å². The van der Waals surface area contributed by atoms with Crippen molar-refractivity contribution < 1.29 is 9.53 Å². The Morgan fingerprint density at radius 2 is 2.16 bits per heavy atom. The van der Waals surface area contributed by atoms with E-state index in [0.717, 1.165) is 4.47 Å². The smallest absolute Gasteiger partial charge is 0.271 e. The summed E-state index contributed by atoms with van der Waals surface area (Å²) < 4.78 is 6.48. The number of carbonyl (C=O) groups is 1. The van der Waals surface area contributed by atoms with Gasteiger partial charge in [-0.15, -0.1) is 0 Å². The summed E-state index contributed by atoms with van der Waals surface area (Å²) in [5, 5.41) is 3.20. The molecular formula is C13H8BrClN2O2. The number of pyridine rings is 1. The van der Waals surface area contributed by atoms with Crippen LogP contribution in [0.4, 0.5) is 5.82 Å². The van der Waals surface area contributed by atoms with Gasteiger partial charge in [-0.3, -0.25) is 4.79 Å². The summed E-state index contributed by atoms with van der Waals surface area (Å²) in [6, 6.07) is 8.86. The van der Waals surface area contributed by atoms with E-state index in [1.807, 2.05) is 6.07 Å². The second-order valence-corrected chi connectivity index (χ2v) is 5.33. The fraction of sp³-hybridized carbons (Fsp3) is 0.0769. The Morgan fingerprint density at radius 1 is 1.37 bits per heavy atom. The average molecular weight is 340 g/mol. The number of rotatable bonds is 1. The molecule has 1 atom stereocenters. The van der Waals surface area contributed by atoms with Crippen LogP contribution in [0.1, 0.15) is 11.7 Å². The maximum atomic E-state index is 12.0. The summed E-state index contributed by atoms with van der Waals surface area (Å²) in [5.41, 5.74) is 0.632. The van der Waals surface area contributed by atoms with E-state index in [4.69, 9.17) is 16.3 Å². The molecule has 1 unspecified atom stereocenters. The van der Waals surface area contributed by atoms with E-state index in [-0.39, 0.29) is 5.91 Å². The van der Waals surface area contributed by atoms with Gasteiger partial charge in [0.05, 0.1) is 0 Å². The van der Waals surface area contributed by atoms with Crippen LogP contribution in [-0.4, -0.2) is 10.9 Å². The molecule has 0 saturated heterocycles. The van der Waals surface area contributed by atoms with Gasteiger partial charge in [0.2, 0.25) is 6.10 Å². The van der Waals surface area contributed by atoms with Crippen LogP contribution in [0.3, 0.4) is 0 Å². The molecule has 0 bridgehead atoms. The Balaban J connectivity index is 2.02. The predicted octanol–water partition coefficient (Wildman–Crippen LogP) is 3.57. The summed E-state index contributed by atoms with van der Waals surface area (Å²) in [6.07, 6.45) is 0.829. The molecule has 2 heterocycles. The molecule has 3 rings (SSSR count). The first-order valence-electron chi connectivity index (χ1n) is 5.52. The molecule has 1 aromatic heterocycles. The molecule has 4 nitrogen and oxygen atoms in total. The Kier molecular flexibility index (Phi) is 3.16. The van der Waals surface area contributed by atoms with Crippen LogP contribution in [0.2, 0.25) is 5.02 Å². The van der Waals surface area contributed by atoms with Crippen molar-refractivity contribution in [3.8, 4) is 5.75 Å². The minimum atomic E-state index is -0.766. The van der Waals surface area contributed by atoms with Crippen molar-refractivity contribution in [3.63, 3.8) is 0 Å². The number of aromatic nitrogens is 1. The van der Waals surface area contributed by atoms with E-state index in [0.29, 0.717) is 22.2 Å². The monoisotopic (exact) mass is 338 g/mol. The van der Waals surface area contributed by atoms with Gasteiger partial charge in [-0.25, -0.2) is 4.98 Å². The summed E-state index contributed by atoms with van der Waals surface area (Å²) in [6.45, 7) is 0. The van der Waals surface area contributed by atoms with Crippen LogP contribution in [0, 0.1) is 0 Å². The number of hydrogen-bond acceptors (Lipinski definition) is 3. The van der Waals surface area contributed by atoms with Crippen LogP contribution in [0.15, 0.2) is 41.0 Å². The number of carbonyl (C=O) groups excluding carboxylic acids is 1. The van der Waals surface area contributed by atoms with E-state index in [2.05, 4.69) is 26.2 Å². The van der Waals surface area contributed by atoms with Crippen molar-refractivity contribution in [1.29, 1.82) is 0 Å². The number of hydrogen-bond donors (Lipinski definition) is 1. The Morgan fingerprint density at radius 3 is 2.95 bits per heavy atom. The zero-order valence-electron chi connectivity index (χ0n) is 9.56. The lowest BCUT2D eigenvalue weighted by Gasteiger charge is -2.25. The molecule has 0 radical (unpaired) electrons. The van der Waals surface area contributed by atoms with Gasteiger partial charge in [0.1, 0.15) is 0 Å². The van der Waals surface area contributed by atoms with Crippen molar-refractivity contribution in [2.45, 2.75) is 6.10 Å². The second-order valence-electron chi connectivity index (χ2n) is 4.01. The van der Waals surface area contributed by atoms with Crippen molar-refractivity contribution >= 4 is 39.3 Å². The Hall–Kier alpha value is -1.59. The fourth-order valence-corrected chi connectivity index (χ4v) is 2.40. The van der Waals surface area contributed by atoms with Crippen molar-refractivity contribution in [2.75, 3.05) is 5.32 Å². The van der Waals surface area contributed by atoms with Gasteiger partial charge in [0.15, 0.2) is 11.6 Å². The van der Waals surface area contributed by atoms with Gasteiger partial charge >= 0.3 is 0 Å². The molecule has 1 aliphatic rings. The van der Waals surface area contributed by atoms with Crippen LogP contribution in [-0.2, 0) is 4.79 Å². The maximum Gasteiger partial charge on any atom is 0.271 e. The highest BCUT2D eigenvalue weighted by Gasteiger charge is 2.31. The van der Waals surface area contributed by atoms with Crippen molar-refractivity contribution in [2.24, 2.45) is 0 Å². The molecule has 2 aromatic rings. The van der Waals surface area contributed by atoms with Gasteiger partial charge < -0.3 is 10.1 Å². The lowest BCUT2D eigenvalue weighted by molar-refractivity contribution is -0.123. The van der Waals surface area contributed by atoms with Gasteiger partial charge in [-0.1, -0.05) is 29.8 Å². The number of halogens is 2. The summed E-state index contributed by atoms with van der Waals surface area (Å²) in [5.74, 6) is 0.644. The van der Waals surface area contributed by atoms with Crippen molar-refractivity contribution in [3.05, 3.63) is 51.6 Å². The molecular weight excluding hydrogens is 332 g/mol. The largest absolute Gasteiger partial charge is 0.472 e. The summed E-state index contributed by atoms with van der Waals surface area (Å²) >= 11 is 9.41. The van der Waals surface area contributed by atoms with E-state index in [1.165, 1.54) is 0 Å². The molecule has 0 spiro atoms. The van der Waals surface area contributed by atoms with E-state index < -0.39 is 6.10 Å². The Bertz CT molecular complexity index is 663. The number of fused-ring (bicyclic) bond motifs is 1. The molecule has 1 N–H and O–H groups in total. The van der Waals surface area contributed by atoms with Crippen molar-refractivity contribution in [1.82, 2.24) is 4.98 Å². The number of ether oxygens (including phenoxy) is 1. The van der Waals surface area contributed by atoms with Crippen LogP contribution in [0.25, 0.3) is 0 Å². The summed E-state index contributed by atoms with van der Waals surface area (Å²) in [7, 11) is 0. The highest BCUT2D eigenvalue weighted by molar-refractivity contribution is 9.10. The van der Waals surface area contributed by atoms with E-state index >= 15 is 0 Å².